The Bertz CT molecular complexity index is 266. The molecule has 2 rings (SSSR count). The molecule has 0 aromatic heterocycles. The molecule has 0 aromatic carbocycles. The molecule has 0 nitrogen and oxygen atoms in total. The summed E-state index contributed by atoms with van der Waals surface area (Å²) in [5.74, 6) is 2.47. The van der Waals surface area contributed by atoms with Gasteiger partial charge < -0.3 is 0 Å². The minimum atomic E-state index is 0.801. The van der Waals surface area contributed by atoms with Crippen LogP contribution in [-0.4, -0.2) is 0 Å². The lowest BCUT2D eigenvalue weighted by atomic mass is 9.71. The van der Waals surface area contributed by atoms with E-state index in [-0.39, 0.29) is 0 Å². The van der Waals surface area contributed by atoms with Crippen LogP contribution in [-0.2, 0) is 0 Å². The zero-order valence-corrected chi connectivity index (χ0v) is 8.53. The number of allylic oxidation sites excluding steroid dienone is 6. The Morgan fingerprint density at radius 3 is 2.85 bits per heavy atom. The summed E-state index contributed by atoms with van der Waals surface area (Å²) < 4.78 is 0. The van der Waals surface area contributed by atoms with Gasteiger partial charge in [-0.15, -0.1) is 0 Å². The van der Waals surface area contributed by atoms with Gasteiger partial charge in [-0.2, -0.15) is 0 Å². The van der Waals surface area contributed by atoms with E-state index in [1.807, 2.05) is 0 Å². The van der Waals surface area contributed by atoms with Crippen LogP contribution >= 0.6 is 0 Å². The lowest BCUT2D eigenvalue weighted by Gasteiger charge is -2.34. The van der Waals surface area contributed by atoms with E-state index in [0.29, 0.717) is 0 Å². The third-order valence-electron chi connectivity index (χ3n) is 3.33. The second-order valence-corrected chi connectivity index (χ2v) is 4.48. The van der Waals surface area contributed by atoms with Gasteiger partial charge in [-0.3, -0.25) is 0 Å². The van der Waals surface area contributed by atoms with Gasteiger partial charge in [0.25, 0.3) is 0 Å². The number of fused-ring (bicyclic) bond motifs is 1. The lowest BCUT2D eigenvalue weighted by Crippen LogP contribution is -2.24. The third-order valence-corrected chi connectivity index (χ3v) is 3.33. The maximum absolute atomic E-state index is 2.35. The van der Waals surface area contributed by atoms with Crippen LogP contribution in [0, 0.1) is 17.8 Å². The molecule has 2 aliphatic rings. The Labute approximate surface area is 81.0 Å². The third kappa shape index (κ3) is 1.63. The maximum atomic E-state index is 2.35. The van der Waals surface area contributed by atoms with Gasteiger partial charge in [0, 0.05) is 0 Å². The van der Waals surface area contributed by atoms with Gasteiger partial charge in [0.1, 0.15) is 0 Å². The first-order valence-electron chi connectivity index (χ1n) is 5.32. The fourth-order valence-electron chi connectivity index (χ4n) is 2.53. The van der Waals surface area contributed by atoms with Crippen LogP contribution in [0.1, 0.15) is 26.7 Å². The minimum absolute atomic E-state index is 0.801. The van der Waals surface area contributed by atoms with Crippen LogP contribution in [0.15, 0.2) is 36.0 Å². The molecule has 13 heavy (non-hydrogen) atoms. The highest BCUT2D eigenvalue weighted by Gasteiger charge is 2.27. The van der Waals surface area contributed by atoms with Gasteiger partial charge in [0.15, 0.2) is 0 Å². The maximum Gasteiger partial charge on any atom is -0.00937 e. The first kappa shape index (κ1) is 8.80. The molecule has 0 amide bonds. The Hall–Kier alpha value is -0.780. The van der Waals surface area contributed by atoms with Crippen molar-refractivity contribution in [3.63, 3.8) is 0 Å². The largest absolute Gasteiger partial charge is 0.0839 e. The van der Waals surface area contributed by atoms with Crippen molar-refractivity contribution < 1.29 is 0 Å². The molecule has 0 radical (unpaired) electrons. The van der Waals surface area contributed by atoms with Crippen LogP contribution < -0.4 is 0 Å². The van der Waals surface area contributed by atoms with E-state index in [9.17, 15) is 0 Å². The van der Waals surface area contributed by atoms with Gasteiger partial charge in [0.2, 0.25) is 0 Å². The predicted molar refractivity (Wildman–Crippen MR) is 57.4 cm³/mol. The number of hydrogen-bond donors (Lipinski definition) is 0. The molecule has 2 unspecified atom stereocenters. The normalized spacial score (nSPS) is 31.8. The van der Waals surface area contributed by atoms with Crippen molar-refractivity contribution >= 4 is 0 Å². The molecule has 2 aliphatic carbocycles. The molecule has 0 bridgehead atoms. The van der Waals surface area contributed by atoms with Crippen molar-refractivity contribution in [3.05, 3.63) is 36.0 Å². The lowest BCUT2D eigenvalue weighted by molar-refractivity contribution is 0.284. The summed E-state index contributed by atoms with van der Waals surface area (Å²) in [5, 5.41) is 0. The van der Waals surface area contributed by atoms with E-state index < -0.39 is 0 Å². The van der Waals surface area contributed by atoms with Crippen molar-refractivity contribution in [1.29, 1.82) is 0 Å². The van der Waals surface area contributed by atoms with Gasteiger partial charge in [0.05, 0.1) is 0 Å². The topological polar surface area (TPSA) is 0 Å². The summed E-state index contributed by atoms with van der Waals surface area (Å²) in [7, 11) is 0. The fourth-order valence-corrected chi connectivity index (χ4v) is 2.53. The summed E-state index contributed by atoms with van der Waals surface area (Å²) in [4.78, 5) is 0. The van der Waals surface area contributed by atoms with Gasteiger partial charge >= 0.3 is 0 Å². The van der Waals surface area contributed by atoms with E-state index in [2.05, 4.69) is 44.2 Å². The van der Waals surface area contributed by atoms with Crippen molar-refractivity contribution in [2.45, 2.75) is 26.7 Å². The van der Waals surface area contributed by atoms with Crippen molar-refractivity contribution in [2.75, 3.05) is 0 Å². The first-order valence-corrected chi connectivity index (χ1v) is 5.32. The molecular weight excluding hydrogens is 156 g/mol. The SMILES string of the molecule is CC(C)C1CC=CC2=CC=CCC21. The highest BCUT2D eigenvalue weighted by Crippen LogP contribution is 2.38. The average molecular weight is 174 g/mol. The van der Waals surface area contributed by atoms with Gasteiger partial charge in [-0.1, -0.05) is 44.2 Å². The quantitative estimate of drug-likeness (QED) is 0.568. The van der Waals surface area contributed by atoms with Crippen LogP contribution in [0.2, 0.25) is 0 Å². The van der Waals surface area contributed by atoms with Crippen LogP contribution in [0.3, 0.4) is 0 Å². The minimum Gasteiger partial charge on any atom is -0.0839 e. The summed E-state index contributed by atoms with van der Waals surface area (Å²) in [6.07, 6.45) is 14.0. The Kier molecular flexibility index (Phi) is 2.39. The summed E-state index contributed by atoms with van der Waals surface area (Å²) in [6, 6.07) is 0. The van der Waals surface area contributed by atoms with Gasteiger partial charge in [-0.25, -0.2) is 0 Å². The average Bonchev–Trinajstić information content (AvgIpc) is 2.17. The van der Waals surface area contributed by atoms with Crippen molar-refractivity contribution in [3.8, 4) is 0 Å². The molecular formula is C13H18. The molecule has 0 spiro atoms. The molecule has 0 aromatic rings. The highest BCUT2D eigenvalue weighted by molar-refractivity contribution is 5.33. The Balaban J connectivity index is 2.23. The van der Waals surface area contributed by atoms with Crippen LogP contribution in [0.5, 0.6) is 0 Å². The predicted octanol–water partition coefficient (Wildman–Crippen LogP) is 3.72. The second kappa shape index (κ2) is 3.53. The Morgan fingerprint density at radius 2 is 2.08 bits per heavy atom. The monoisotopic (exact) mass is 174 g/mol. The summed E-state index contributed by atoms with van der Waals surface area (Å²) in [6.45, 7) is 4.69. The molecule has 0 aliphatic heterocycles. The van der Waals surface area contributed by atoms with E-state index >= 15 is 0 Å². The van der Waals surface area contributed by atoms with E-state index in [0.717, 1.165) is 17.8 Å². The zero-order chi connectivity index (χ0) is 9.26. The van der Waals surface area contributed by atoms with Gasteiger partial charge in [-0.05, 0) is 36.2 Å². The molecule has 2 atom stereocenters. The van der Waals surface area contributed by atoms with Crippen LogP contribution in [0.25, 0.3) is 0 Å². The van der Waals surface area contributed by atoms with Crippen molar-refractivity contribution in [1.82, 2.24) is 0 Å². The molecule has 70 valence electrons. The fraction of sp³-hybridized carbons (Fsp3) is 0.538. The molecule has 0 N–H and O–H groups in total. The van der Waals surface area contributed by atoms with E-state index in [4.69, 9.17) is 0 Å². The second-order valence-electron chi connectivity index (χ2n) is 4.48. The number of rotatable bonds is 1. The first-order chi connectivity index (χ1) is 6.29. The standard InChI is InChI=1S/C13H18/c1-10(2)12-9-5-7-11-6-3-4-8-13(11)12/h3-7,10,12-13H,8-9H2,1-2H3. The Morgan fingerprint density at radius 1 is 1.23 bits per heavy atom. The van der Waals surface area contributed by atoms with Crippen LogP contribution in [0.4, 0.5) is 0 Å². The summed E-state index contributed by atoms with van der Waals surface area (Å²) in [5.41, 5.74) is 1.55. The van der Waals surface area contributed by atoms with E-state index in [1.54, 1.807) is 5.57 Å². The molecule has 0 fully saturated rings. The van der Waals surface area contributed by atoms with Crippen molar-refractivity contribution in [2.24, 2.45) is 17.8 Å². The van der Waals surface area contributed by atoms with E-state index in [1.165, 1.54) is 12.8 Å². The highest BCUT2D eigenvalue weighted by atomic mass is 14.3. The summed E-state index contributed by atoms with van der Waals surface area (Å²) >= 11 is 0. The number of hydrogen-bond acceptors (Lipinski definition) is 0. The molecule has 0 saturated carbocycles. The zero-order valence-electron chi connectivity index (χ0n) is 8.53. The molecule has 0 heterocycles. The molecule has 0 heteroatoms. The molecule has 0 saturated heterocycles. The smallest absolute Gasteiger partial charge is 0.00937 e.